The molecule has 1 rings (SSSR count). The van der Waals surface area contributed by atoms with E-state index in [1.54, 1.807) is 0 Å². The number of aromatic amines is 1. The van der Waals surface area contributed by atoms with Crippen molar-refractivity contribution < 1.29 is 9.90 Å². The molecule has 0 spiro atoms. The predicted molar refractivity (Wildman–Crippen MR) is 50.1 cm³/mol. The second-order valence-corrected chi connectivity index (χ2v) is 3.00. The van der Waals surface area contributed by atoms with Crippen LogP contribution in [0.15, 0.2) is 6.20 Å². The van der Waals surface area contributed by atoms with Crippen LogP contribution >= 0.6 is 12.2 Å². The lowest BCUT2D eigenvalue weighted by atomic mass is 10.1. The van der Waals surface area contributed by atoms with E-state index in [0.29, 0.717) is 10.3 Å². The molecule has 0 saturated heterocycles. The van der Waals surface area contributed by atoms with E-state index in [9.17, 15) is 4.79 Å². The van der Waals surface area contributed by atoms with E-state index >= 15 is 0 Å². The zero-order valence-corrected chi connectivity index (χ0v) is 8.02. The summed E-state index contributed by atoms with van der Waals surface area (Å²) in [5.41, 5.74) is 1.55. The molecule has 0 bridgehead atoms. The summed E-state index contributed by atoms with van der Waals surface area (Å²) in [5, 5.41) is 8.59. The Morgan fingerprint density at radius 3 is 3.00 bits per heavy atom. The Kier molecular flexibility index (Phi) is 3.13. The maximum Gasteiger partial charge on any atom is 0.307 e. The van der Waals surface area contributed by atoms with Crippen LogP contribution in [0.5, 0.6) is 0 Å². The number of carbonyl (C=O) groups is 1. The second kappa shape index (κ2) is 4.13. The monoisotopic (exact) mass is 198 g/mol. The summed E-state index contributed by atoms with van der Waals surface area (Å²) in [6.45, 7) is 1.94. The van der Waals surface area contributed by atoms with Crippen molar-refractivity contribution in [2.24, 2.45) is 0 Å². The van der Waals surface area contributed by atoms with Gasteiger partial charge in [-0.05, 0) is 18.6 Å². The van der Waals surface area contributed by atoms with Gasteiger partial charge in [-0.15, -0.1) is 0 Å². The summed E-state index contributed by atoms with van der Waals surface area (Å²) in [7, 11) is 0. The molecule has 1 aromatic rings. The number of hydrogen-bond donors (Lipinski definition) is 2. The lowest BCUT2D eigenvalue weighted by Crippen LogP contribution is -2.05. The molecule has 0 amide bonds. The van der Waals surface area contributed by atoms with Gasteiger partial charge in [0, 0.05) is 17.5 Å². The third-order valence-corrected chi connectivity index (χ3v) is 1.89. The molecule has 5 heteroatoms. The Bertz CT molecular complexity index is 373. The van der Waals surface area contributed by atoms with Crippen LogP contribution in [-0.4, -0.2) is 21.0 Å². The number of rotatable bonds is 3. The lowest BCUT2D eigenvalue weighted by Gasteiger charge is -2.03. The Morgan fingerprint density at radius 1 is 1.77 bits per heavy atom. The maximum absolute atomic E-state index is 10.5. The van der Waals surface area contributed by atoms with Gasteiger partial charge in [0.05, 0.1) is 6.42 Å². The fraction of sp³-hybridized carbons (Fsp3) is 0.375. The Morgan fingerprint density at radius 2 is 2.46 bits per heavy atom. The van der Waals surface area contributed by atoms with E-state index in [-0.39, 0.29) is 6.42 Å². The van der Waals surface area contributed by atoms with Gasteiger partial charge in [-0.3, -0.25) is 4.79 Å². The lowest BCUT2D eigenvalue weighted by molar-refractivity contribution is -0.136. The molecule has 0 fully saturated rings. The van der Waals surface area contributed by atoms with Crippen molar-refractivity contribution in [1.29, 1.82) is 0 Å². The van der Waals surface area contributed by atoms with Crippen molar-refractivity contribution in [1.82, 2.24) is 9.97 Å². The first-order valence-corrected chi connectivity index (χ1v) is 4.33. The average Bonchev–Trinajstić information content (AvgIpc) is 2.07. The van der Waals surface area contributed by atoms with E-state index < -0.39 is 5.97 Å². The van der Waals surface area contributed by atoms with E-state index in [4.69, 9.17) is 17.3 Å². The van der Waals surface area contributed by atoms with Gasteiger partial charge in [0.15, 0.2) is 4.77 Å². The van der Waals surface area contributed by atoms with Crippen LogP contribution in [0, 0.1) is 4.77 Å². The van der Waals surface area contributed by atoms with E-state index in [1.807, 2.05) is 6.92 Å². The molecule has 2 N–H and O–H groups in total. The highest BCUT2D eigenvalue weighted by Gasteiger charge is 2.05. The summed E-state index contributed by atoms with van der Waals surface area (Å²) in [6.07, 6.45) is 2.24. The van der Waals surface area contributed by atoms with Crippen LogP contribution in [0.25, 0.3) is 0 Å². The first-order chi connectivity index (χ1) is 6.13. The molecule has 0 radical (unpaired) electrons. The third kappa shape index (κ3) is 2.62. The molecule has 0 aromatic carbocycles. The molecule has 1 aromatic heterocycles. The van der Waals surface area contributed by atoms with Crippen molar-refractivity contribution in [3.63, 3.8) is 0 Å². The van der Waals surface area contributed by atoms with Gasteiger partial charge < -0.3 is 10.1 Å². The molecule has 70 valence electrons. The molecule has 0 aliphatic heterocycles. The number of nitrogens with one attached hydrogen (secondary N) is 1. The highest BCUT2D eigenvalue weighted by atomic mass is 32.1. The number of carboxylic acid groups (broad SMARTS) is 1. The smallest absolute Gasteiger partial charge is 0.307 e. The second-order valence-electron chi connectivity index (χ2n) is 2.62. The number of aromatic nitrogens is 2. The Balaban J connectivity index is 3.06. The maximum atomic E-state index is 10.5. The minimum absolute atomic E-state index is 0.0116. The molecular formula is C8H10N2O2S. The normalized spacial score (nSPS) is 9.92. The van der Waals surface area contributed by atoms with Crippen LogP contribution in [0.2, 0.25) is 0 Å². The molecule has 0 atom stereocenters. The number of carboxylic acids is 1. The topological polar surface area (TPSA) is 66.0 Å². The quantitative estimate of drug-likeness (QED) is 0.719. The third-order valence-electron chi connectivity index (χ3n) is 1.68. The number of aliphatic carboxylic acids is 1. The summed E-state index contributed by atoms with van der Waals surface area (Å²) >= 11 is 4.82. The molecule has 0 unspecified atom stereocenters. The molecule has 13 heavy (non-hydrogen) atoms. The highest BCUT2D eigenvalue weighted by Crippen LogP contribution is 2.05. The SMILES string of the molecule is CCc1[nH]c(=S)ncc1CC(=O)O. The molecule has 4 nitrogen and oxygen atoms in total. The van der Waals surface area contributed by atoms with Gasteiger partial charge in [-0.2, -0.15) is 0 Å². The number of hydrogen-bond acceptors (Lipinski definition) is 3. The number of H-pyrrole nitrogens is 1. The van der Waals surface area contributed by atoms with E-state index in [2.05, 4.69) is 9.97 Å². The highest BCUT2D eigenvalue weighted by molar-refractivity contribution is 7.71. The molecular weight excluding hydrogens is 188 g/mol. The van der Waals surface area contributed by atoms with Gasteiger partial charge in [0.25, 0.3) is 0 Å². The van der Waals surface area contributed by atoms with Crippen molar-refractivity contribution in [3.8, 4) is 0 Å². The number of nitrogens with zero attached hydrogens (tertiary/aromatic N) is 1. The van der Waals surface area contributed by atoms with E-state index in [1.165, 1.54) is 6.20 Å². The summed E-state index contributed by atoms with van der Waals surface area (Å²) in [6, 6.07) is 0. The van der Waals surface area contributed by atoms with Crippen molar-refractivity contribution in [2.45, 2.75) is 19.8 Å². The van der Waals surface area contributed by atoms with Gasteiger partial charge >= 0.3 is 5.97 Å². The van der Waals surface area contributed by atoms with Crippen LogP contribution in [0.4, 0.5) is 0 Å². The van der Waals surface area contributed by atoms with Crippen LogP contribution in [0.3, 0.4) is 0 Å². The fourth-order valence-electron chi connectivity index (χ4n) is 1.09. The first kappa shape index (κ1) is 9.85. The first-order valence-electron chi connectivity index (χ1n) is 3.92. The minimum Gasteiger partial charge on any atom is -0.481 e. The van der Waals surface area contributed by atoms with E-state index in [0.717, 1.165) is 12.1 Å². The van der Waals surface area contributed by atoms with Gasteiger partial charge in [-0.25, -0.2) is 4.98 Å². The van der Waals surface area contributed by atoms with Crippen molar-refractivity contribution in [2.75, 3.05) is 0 Å². The van der Waals surface area contributed by atoms with Crippen LogP contribution in [-0.2, 0) is 17.6 Å². The number of aryl methyl sites for hydroxylation is 1. The largest absolute Gasteiger partial charge is 0.481 e. The standard InChI is InChI=1S/C8H10N2O2S/c1-2-6-5(3-7(11)12)4-9-8(13)10-6/h4H,2-3H2,1H3,(H,11,12)(H,9,10,13). The molecule has 0 aliphatic rings. The molecule has 1 heterocycles. The Hall–Kier alpha value is -1.23. The summed E-state index contributed by atoms with van der Waals surface area (Å²) in [5.74, 6) is -0.859. The van der Waals surface area contributed by atoms with Gasteiger partial charge in [0.2, 0.25) is 0 Å². The zero-order valence-electron chi connectivity index (χ0n) is 7.20. The summed E-state index contributed by atoms with van der Waals surface area (Å²) in [4.78, 5) is 17.2. The van der Waals surface area contributed by atoms with Gasteiger partial charge in [-0.1, -0.05) is 6.92 Å². The molecule has 0 aliphatic carbocycles. The zero-order chi connectivity index (χ0) is 9.84. The minimum atomic E-state index is -0.859. The fourth-order valence-corrected chi connectivity index (χ4v) is 1.26. The van der Waals surface area contributed by atoms with Crippen LogP contribution < -0.4 is 0 Å². The summed E-state index contributed by atoms with van der Waals surface area (Å²) < 4.78 is 0.394. The van der Waals surface area contributed by atoms with Crippen molar-refractivity contribution in [3.05, 3.63) is 22.2 Å². The van der Waals surface area contributed by atoms with Crippen molar-refractivity contribution >= 4 is 18.2 Å². The average molecular weight is 198 g/mol. The molecule has 0 saturated carbocycles. The van der Waals surface area contributed by atoms with Crippen LogP contribution in [0.1, 0.15) is 18.2 Å². The Labute approximate surface area is 80.6 Å². The predicted octanol–water partition coefficient (Wildman–Crippen LogP) is 1.33. The van der Waals surface area contributed by atoms with Gasteiger partial charge in [0.1, 0.15) is 0 Å².